The molecule has 2 rings (SSSR count). The second kappa shape index (κ2) is 4.52. The maximum Gasteiger partial charge on any atom is 0.0629 e. The number of hydrogen-bond donors (Lipinski definition) is 1. The molecule has 1 fully saturated rings. The summed E-state index contributed by atoms with van der Waals surface area (Å²) in [7, 11) is 0. The van der Waals surface area contributed by atoms with Crippen LogP contribution in [0.3, 0.4) is 0 Å². The number of allylic oxidation sites excluding steroid dienone is 2. The summed E-state index contributed by atoms with van der Waals surface area (Å²) in [6, 6.07) is 9.99. The summed E-state index contributed by atoms with van der Waals surface area (Å²) in [6.45, 7) is 4.45. The largest absolute Gasteiger partial charge is 0.383 e. The summed E-state index contributed by atoms with van der Waals surface area (Å²) >= 11 is 0. The number of nitrogens with one attached hydrogen (secondary N) is 1. The van der Waals surface area contributed by atoms with E-state index >= 15 is 0 Å². The third kappa shape index (κ3) is 2.96. The van der Waals surface area contributed by atoms with Crippen molar-refractivity contribution in [2.75, 3.05) is 0 Å². The summed E-state index contributed by atoms with van der Waals surface area (Å²) in [5.41, 5.74) is 2.52. The molecule has 1 aromatic rings. The Balaban J connectivity index is 1.97. The Bertz CT molecular complexity index is 402. The highest BCUT2D eigenvalue weighted by molar-refractivity contribution is 5.75. The van der Waals surface area contributed by atoms with Gasteiger partial charge in [0.25, 0.3) is 0 Å². The summed E-state index contributed by atoms with van der Waals surface area (Å²) in [5, 5.41) is 3.49. The predicted octanol–water partition coefficient (Wildman–Crippen LogP) is 3.43. The highest BCUT2D eigenvalue weighted by Crippen LogP contribution is 2.24. The van der Waals surface area contributed by atoms with Crippen LogP contribution in [-0.2, 0) is 0 Å². The number of hydrogen-bond acceptors (Lipinski definition) is 2. The second-order valence-corrected chi connectivity index (χ2v) is 4.81. The van der Waals surface area contributed by atoms with Crippen LogP contribution in [0.2, 0.25) is 0 Å². The number of aliphatic imine (C=N–C) groups is 1. The van der Waals surface area contributed by atoms with E-state index in [9.17, 15) is 0 Å². The third-order valence-electron chi connectivity index (χ3n) is 2.77. The van der Waals surface area contributed by atoms with Crippen molar-refractivity contribution in [1.29, 1.82) is 0 Å². The minimum absolute atomic E-state index is 0.242. The molecule has 1 aromatic carbocycles. The molecule has 0 bridgehead atoms. The molecule has 0 amide bonds. The van der Waals surface area contributed by atoms with Gasteiger partial charge in [-0.05, 0) is 44.9 Å². The first-order valence-corrected chi connectivity index (χ1v) is 5.72. The molecule has 1 saturated heterocycles. The number of nitrogens with zero attached hydrogens (tertiary/aromatic N) is 1. The maximum atomic E-state index is 4.38. The lowest BCUT2D eigenvalue weighted by Crippen LogP contribution is -2.30. The highest BCUT2D eigenvalue weighted by atomic mass is 15.0. The zero-order valence-corrected chi connectivity index (χ0v) is 9.90. The summed E-state index contributed by atoms with van der Waals surface area (Å²) in [5.74, 6) is 0. The van der Waals surface area contributed by atoms with Crippen LogP contribution in [0.4, 0.5) is 5.69 Å². The van der Waals surface area contributed by atoms with Crippen LogP contribution in [0.25, 0.3) is 0 Å². The molecular formula is C14H18N2. The van der Waals surface area contributed by atoms with Gasteiger partial charge < -0.3 is 5.32 Å². The van der Waals surface area contributed by atoms with Crippen LogP contribution in [-0.4, -0.2) is 11.8 Å². The van der Waals surface area contributed by atoms with E-state index in [1.807, 2.05) is 36.5 Å². The summed E-state index contributed by atoms with van der Waals surface area (Å²) in [6.07, 6.45) is 6.26. The predicted molar refractivity (Wildman–Crippen MR) is 69.1 cm³/mol. The van der Waals surface area contributed by atoms with E-state index in [4.69, 9.17) is 0 Å². The van der Waals surface area contributed by atoms with E-state index < -0.39 is 0 Å². The Hall–Kier alpha value is -1.57. The van der Waals surface area contributed by atoms with Crippen molar-refractivity contribution in [3.8, 4) is 0 Å². The topological polar surface area (TPSA) is 24.4 Å². The first-order valence-electron chi connectivity index (χ1n) is 5.72. The van der Waals surface area contributed by atoms with Crippen molar-refractivity contribution in [1.82, 2.24) is 5.32 Å². The molecule has 0 aromatic heterocycles. The fourth-order valence-electron chi connectivity index (χ4n) is 1.86. The summed E-state index contributed by atoms with van der Waals surface area (Å²) in [4.78, 5) is 4.38. The first kappa shape index (κ1) is 10.9. The van der Waals surface area contributed by atoms with Gasteiger partial charge in [0.15, 0.2) is 0 Å². The molecule has 1 aliphatic heterocycles. The Labute approximate surface area is 97.1 Å². The van der Waals surface area contributed by atoms with Gasteiger partial charge in [0, 0.05) is 17.5 Å². The van der Waals surface area contributed by atoms with E-state index in [0.717, 1.165) is 12.1 Å². The number of rotatable bonds is 2. The van der Waals surface area contributed by atoms with Crippen molar-refractivity contribution < 1.29 is 0 Å². The molecule has 84 valence electrons. The van der Waals surface area contributed by atoms with E-state index in [2.05, 4.69) is 30.2 Å². The number of benzene rings is 1. The highest BCUT2D eigenvalue weighted by Gasteiger charge is 2.24. The fourth-order valence-corrected chi connectivity index (χ4v) is 1.86. The number of para-hydroxylation sites is 1. The van der Waals surface area contributed by atoms with Crippen molar-refractivity contribution >= 4 is 11.9 Å². The Morgan fingerprint density at radius 1 is 1.25 bits per heavy atom. The lowest BCUT2D eigenvalue weighted by Gasteiger charge is -2.17. The van der Waals surface area contributed by atoms with Crippen LogP contribution in [0, 0.1) is 0 Å². The molecule has 0 radical (unpaired) electrons. The van der Waals surface area contributed by atoms with E-state index in [1.165, 1.54) is 12.1 Å². The van der Waals surface area contributed by atoms with Crippen LogP contribution in [0.1, 0.15) is 26.7 Å². The molecule has 0 atom stereocenters. The van der Waals surface area contributed by atoms with Crippen LogP contribution in [0.5, 0.6) is 0 Å². The molecule has 1 N–H and O–H groups in total. The molecule has 0 spiro atoms. The molecular weight excluding hydrogens is 196 g/mol. The van der Waals surface area contributed by atoms with Crippen LogP contribution in [0.15, 0.2) is 47.1 Å². The van der Waals surface area contributed by atoms with Gasteiger partial charge in [-0.15, -0.1) is 0 Å². The molecule has 2 heteroatoms. The van der Waals surface area contributed by atoms with Crippen molar-refractivity contribution in [3.05, 3.63) is 42.1 Å². The minimum Gasteiger partial charge on any atom is -0.383 e. The van der Waals surface area contributed by atoms with Crippen molar-refractivity contribution in [3.63, 3.8) is 0 Å². The zero-order valence-electron chi connectivity index (χ0n) is 9.90. The monoisotopic (exact) mass is 214 g/mol. The van der Waals surface area contributed by atoms with Gasteiger partial charge in [-0.1, -0.05) is 18.2 Å². The molecule has 0 saturated carbocycles. The third-order valence-corrected chi connectivity index (χ3v) is 2.77. The molecule has 1 heterocycles. The lowest BCUT2D eigenvalue weighted by molar-refractivity contribution is 0.470. The molecule has 1 aliphatic rings. The smallest absolute Gasteiger partial charge is 0.0629 e. The fraction of sp³-hybridized carbons (Fsp3) is 0.357. The van der Waals surface area contributed by atoms with Gasteiger partial charge in [0.1, 0.15) is 0 Å². The Kier molecular flexibility index (Phi) is 3.09. The Morgan fingerprint density at radius 3 is 2.62 bits per heavy atom. The Morgan fingerprint density at radius 2 is 2.00 bits per heavy atom. The average molecular weight is 214 g/mol. The molecule has 0 unspecified atom stereocenters. The summed E-state index contributed by atoms with van der Waals surface area (Å²) < 4.78 is 0. The van der Waals surface area contributed by atoms with Gasteiger partial charge >= 0.3 is 0 Å². The van der Waals surface area contributed by atoms with E-state index in [-0.39, 0.29) is 5.54 Å². The maximum absolute atomic E-state index is 4.38. The van der Waals surface area contributed by atoms with Gasteiger partial charge in [0.2, 0.25) is 0 Å². The van der Waals surface area contributed by atoms with Crippen LogP contribution >= 0.6 is 0 Å². The lowest BCUT2D eigenvalue weighted by atomic mass is 10.0. The standard InChI is InChI=1S/C14H18N2/c1-14(2)10-8-13(16-14)9-11-15-12-6-4-3-5-7-12/h3-7,9,11,16H,8,10H2,1-2H3/b13-9-,15-11?. The average Bonchev–Trinajstić information content (AvgIpc) is 2.60. The van der Waals surface area contributed by atoms with Gasteiger partial charge in [-0.2, -0.15) is 0 Å². The molecule has 0 aliphatic carbocycles. The van der Waals surface area contributed by atoms with Crippen molar-refractivity contribution in [2.45, 2.75) is 32.2 Å². The van der Waals surface area contributed by atoms with Gasteiger partial charge in [-0.3, -0.25) is 4.99 Å². The van der Waals surface area contributed by atoms with Crippen molar-refractivity contribution in [2.24, 2.45) is 4.99 Å². The first-order chi connectivity index (χ1) is 7.66. The quantitative estimate of drug-likeness (QED) is 0.749. The minimum atomic E-state index is 0.242. The van der Waals surface area contributed by atoms with Gasteiger partial charge in [-0.25, -0.2) is 0 Å². The van der Waals surface area contributed by atoms with E-state index in [1.54, 1.807) is 0 Å². The molecule has 2 nitrogen and oxygen atoms in total. The van der Waals surface area contributed by atoms with E-state index in [0.29, 0.717) is 0 Å². The molecule has 16 heavy (non-hydrogen) atoms. The SMILES string of the molecule is CC1(C)CC/C(=C/C=Nc2ccccc2)N1. The zero-order chi connectivity index (χ0) is 11.4. The van der Waals surface area contributed by atoms with Gasteiger partial charge in [0.05, 0.1) is 5.69 Å². The normalized spacial score (nSPS) is 21.5. The van der Waals surface area contributed by atoms with Crippen LogP contribution < -0.4 is 5.32 Å². The second-order valence-electron chi connectivity index (χ2n) is 4.81.